The summed E-state index contributed by atoms with van der Waals surface area (Å²) < 4.78 is 7.02. The maximum absolute atomic E-state index is 12.2. The summed E-state index contributed by atoms with van der Waals surface area (Å²) in [6, 6.07) is 0. The number of aliphatic hydroxyl groups is 1. The third-order valence-corrected chi connectivity index (χ3v) is 4.22. The normalized spacial score (nSPS) is 26.5. The van der Waals surface area contributed by atoms with Crippen molar-refractivity contribution < 1.29 is 14.6 Å². The van der Waals surface area contributed by atoms with Gasteiger partial charge in [-0.05, 0) is 26.2 Å². The number of hydrogen-bond acceptors (Lipinski definition) is 4. The van der Waals surface area contributed by atoms with Crippen molar-refractivity contribution in [3.63, 3.8) is 0 Å². The van der Waals surface area contributed by atoms with Crippen LogP contribution in [-0.2, 0) is 23.1 Å². The molecule has 0 unspecified atom stereocenters. The molecule has 112 valence electrons. The van der Waals surface area contributed by atoms with E-state index in [1.807, 2.05) is 14.0 Å². The van der Waals surface area contributed by atoms with Crippen molar-refractivity contribution >= 4 is 5.91 Å². The number of nitrogens with one attached hydrogen (secondary N) is 1. The first-order chi connectivity index (χ1) is 9.52. The largest absolute Gasteiger partial charge is 0.390 e. The predicted octanol–water partition coefficient (Wildman–Crippen LogP) is 0.521. The lowest BCUT2D eigenvalue weighted by Gasteiger charge is -2.31. The molecule has 1 aromatic heterocycles. The number of carbonyl (C=O) groups is 1. The Morgan fingerprint density at radius 1 is 1.60 bits per heavy atom. The van der Waals surface area contributed by atoms with Crippen molar-refractivity contribution in [2.75, 3.05) is 7.11 Å². The van der Waals surface area contributed by atoms with Crippen molar-refractivity contribution in [3.05, 3.63) is 17.5 Å². The number of aromatic nitrogens is 2. The van der Waals surface area contributed by atoms with Crippen LogP contribution in [0.5, 0.6) is 0 Å². The van der Waals surface area contributed by atoms with Crippen LogP contribution in [0.1, 0.15) is 30.5 Å². The first-order valence-corrected chi connectivity index (χ1v) is 6.99. The number of aliphatic hydroxyl groups excluding tert-OH is 1. The van der Waals surface area contributed by atoms with Crippen molar-refractivity contribution in [1.82, 2.24) is 15.1 Å². The Hall–Kier alpha value is -1.40. The molecule has 1 fully saturated rings. The van der Waals surface area contributed by atoms with E-state index in [1.54, 1.807) is 18.0 Å². The number of methoxy groups -OCH3 is 1. The van der Waals surface area contributed by atoms with Gasteiger partial charge >= 0.3 is 0 Å². The van der Waals surface area contributed by atoms with Crippen LogP contribution in [0.25, 0.3) is 0 Å². The number of carbonyl (C=O) groups excluding carboxylic acids is 1. The van der Waals surface area contributed by atoms with Crippen molar-refractivity contribution in [2.45, 2.75) is 44.9 Å². The highest BCUT2D eigenvalue weighted by atomic mass is 16.5. The molecule has 1 aliphatic rings. The molecule has 0 saturated heterocycles. The quantitative estimate of drug-likeness (QED) is 0.843. The fourth-order valence-corrected chi connectivity index (χ4v) is 2.65. The second-order valence-electron chi connectivity index (χ2n) is 5.45. The van der Waals surface area contributed by atoms with Gasteiger partial charge in [-0.1, -0.05) is 0 Å². The molecule has 1 amide bonds. The minimum atomic E-state index is -0.454. The van der Waals surface area contributed by atoms with Gasteiger partial charge in [-0.2, -0.15) is 5.10 Å². The van der Waals surface area contributed by atoms with E-state index in [9.17, 15) is 9.90 Å². The maximum atomic E-state index is 12.2. The zero-order chi connectivity index (χ0) is 14.7. The van der Waals surface area contributed by atoms with Gasteiger partial charge < -0.3 is 15.2 Å². The van der Waals surface area contributed by atoms with E-state index in [4.69, 9.17) is 4.74 Å². The third-order valence-electron chi connectivity index (χ3n) is 4.22. The fourth-order valence-electron chi connectivity index (χ4n) is 2.65. The Bertz CT molecular complexity index is 472. The summed E-state index contributed by atoms with van der Waals surface area (Å²) in [5, 5.41) is 16.9. The first kappa shape index (κ1) is 15.0. The smallest absolute Gasteiger partial charge is 0.223 e. The zero-order valence-electron chi connectivity index (χ0n) is 12.3. The Labute approximate surface area is 119 Å². The summed E-state index contributed by atoms with van der Waals surface area (Å²) in [6.07, 6.45) is 2.99. The van der Waals surface area contributed by atoms with Gasteiger partial charge in [-0.25, -0.2) is 0 Å². The van der Waals surface area contributed by atoms with E-state index in [-0.39, 0.29) is 17.9 Å². The SMILES string of the molecule is CO[C@@H]1C[C@H](C(=O)NCc2cnn(C)c2C)CC[C@@H]1O. The summed E-state index contributed by atoms with van der Waals surface area (Å²) in [7, 11) is 3.46. The van der Waals surface area contributed by atoms with Crippen LogP contribution in [0.3, 0.4) is 0 Å². The Kier molecular flexibility index (Phi) is 4.77. The number of nitrogens with zero attached hydrogens (tertiary/aromatic N) is 2. The van der Waals surface area contributed by atoms with E-state index in [1.165, 1.54) is 0 Å². The highest BCUT2D eigenvalue weighted by Crippen LogP contribution is 2.26. The van der Waals surface area contributed by atoms with Gasteiger partial charge in [-0.15, -0.1) is 0 Å². The molecule has 6 nitrogen and oxygen atoms in total. The van der Waals surface area contributed by atoms with E-state index < -0.39 is 6.10 Å². The van der Waals surface area contributed by atoms with Gasteiger partial charge in [0.05, 0.1) is 18.4 Å². The highest BCUT2D eigenvalue weighted by Gasteiger charge is 2.32. The van der Waals surface area contributed by atoms with E-state index >= 15 is 0 Å². The van der Waals surface area contributed by atoms with Gasteiger partial charge in [0.1, 0.15) is 0 Å². The van der Waals surface area contributed by atoms with Gasteiger partial charge in [0.25, 0.3) is 0 Å². The molecule has 6 heteroatoms. The van der Waals surface area contributed by atoms with Crippen molar-refractivity contribution in [3.8, 4) is 0 Å². The van der Waals surface area contributed by atoms with Crippen LogP contribution >= 0.6 is 0 Å². The molecule has 0 aliphatic heterocycles. The zero-order valence-corrected chi connectivity index (χ0v) is 12.3. The van der Waals surface area contributed by atoms with Crippen LogP contribution < -0.4 is 5.32 Å². The second kappa shape index (κ2) is 6.37. The number of rotatable bonds is 4. The molecular weight excluding hydrogens is 258 g/mol. The molecule has 1 saturated carbocycles. The molecule has 3 atom stereocenters. The van der Waals surface area contributed by atoms with Crippen LogP contribution in [0.4, 0.5) is 0 Å². The summed E-state index contributed by atoms with van der Waals surface area (Å²) in [5.74, 6) is -0.0532. The molecule has 20 heavy (non-hydrogen) atoms. The molecule has 1 aromatic rings. The molecular formula is C14H23N3O3. The molecule has 1 heterocycles. The molecule has 0 bridgehead atoms. The van der Waals surface area contributed by atoms with E-state index in [2.05, 4.69) is 10.4 Å². The lowest BCUT2D eigenvalue weighted by Crippen LogP contribution is -2.41. The Morgan fingerprint density at radius 3 is 2.95 bits per heavy atom. The summed E-state index contributed by atoms with van der Waals surface area (Å²) in [6.45, 7) is 2.47. The van der Waals surface area contributed by atoms with E-state index in [0.29, 0.717) is 25.8 Å². The second-order valence-corrected chi connectivity index (χ2v) is 5.45. The Morgan fingerprint density at radius 2 is 2.35 bits per heavy atom. The maximum Gasteiger partial charge on any atom is 0.223 e. The summed E-state index contributed by atoms with van der Waals surface area (Å²) >= 11 is 0. The third kappa shape index (κ3) is 3.19. The predicted molar refractivity (Wildman–Crippen MR) is 73.9 cm³/mol. The fraction of sp³-hybridized carbons (Fsp3) is 0.714. The molecule has 2 rings (SSSR count). The standard InChI is InChI=1S/C14H23N3O3/c1-9-11(8-16-17(9)2)7-15-14(19)10-4-5-12(18)13(6-10)20-3/h8,10,12-13,18H,4-7H2,1-3H3,(H,15,19)/t10-,12+,13-/m1/s1. The minimum absolute atomic E-state index is 0.0298. The molecule has 0 spiro atoms. The topological polar surface area (TPSA) is 76.4 Å². The van der Waals surface area contributed by atoms with Crippen LogP contribution in [0.15, 0.2) is 6.20 Å². The Balaban J connectivity index is 1.87. The lowest BCUT2D eigenvalue weighted by molar-refractivity contribution is -0.130. The average molecular weight is 281 g/mol. The van der Waals surface area contributed by atoms with Gasteiger partial charge in [0.2, 0.25) is 5.91 Å². The molecule has 0 aromatic carbocycles. The molecule has 1 aliphatic carbocycles. The summed E-state index contributed by atoms with van der Waals surface area (Å²) in [5.41, 5.74) is 2.08. The minimum Gasteiger partial charge on any atom is -0.390 e. The van der Waals surface area contributed by atoms with Gasteiger partial charge in [0.15, 0.2) is 0 Å². The number of ether oxygens (including phenoxy) is 1. The van der Waals surface area contributed by atoms with E-state index in [0.717, 1.165) is 11.3 Å². The average Bonchev–Trinajstić information content (AvgIpc) is 2.76. The van der Waals surface area contributed by atoms with Gasteiger partial charge in [0, 0.05) is 37.9 Å². The highest BCUT2D eigenvalue weighted by molar-refractivity contribution is 5.78. The van der Waals surface area contributed by atoms with Gasteiger partial charge in [-0.3, -0.25) is 9.48 Å². The van der Waals surface area contributed by atoms with Crippen molar-refractivity contribution in [1.29, 1.82) is 0 Å². The monoisotopic (exact) mass is 281 g/mol. The number of aryl methyl sites for hydroxylation is 1. The van der Waals surface area contributed by atoms with Crippen molar-refractivity contribution in [2.24, 2.45) is 13.0 Å². The first-order valence-electron chi connectivity index (χ1n) is 6.99. The van der Waals surface area contributed by atoms with Crippen LogP contribution in [0.2, 0.25) is 0 Å². The molecule has 0 radical (unpaired) electrons. The van der Waals surface area contributed by atoms with Crippen LogP contribution in [-0.4, -0.2) is 40.1 Å². The number of amides is 1. The van der Waals surface area contributed by atoms with Crippen LogP contribution in [0, 0.1) is 12.8 Å². The lowest BCUT2D eigenvalue weighted by atomic mass is 9.84. The molecule has 2 N–H and O–H groups in total. The number of hydrogen-bond donors (Lipinski definition) is 2. The summed E-state index contributed by atoms with van der Waals surface area (Å²) in [4.78, 5) is 12.2.